The average molecular weight is 304 g/mol. The van der Waals surface area contributed by atoms with Crippen molar-refractivity contribution in [1.82, 2.24) is 4.90 Å². The molecule has 120 valence electrons. The minimum absolute atomic E-state index is 0.0501. The summed E-state index contributed by atoms with van der Waals surface area (Å²) in [5.41, 5.74) is 2.07. The Morgan fingerprint density at radius 2 is 2.09 bits per heavy atom. The molecule has 5 nitrogen and oxygen atoms in total. The molecule has 0 unspecified atom stereocenters. The maximum Gasteiger partial charge on any atom is 0.410 e. The van der Waals surface area contributed by atoms with Crippen LogP contribution in [-0.4, -0.2) is 42.3 Å². The fourth-order valence-electron chi connectivity index (χ4n) is 2.69. The predicted octanol–water partition coefficient (Wildman–Crippen LogP) is 3.04. The molecule has 0 aliphatic carbocycles. The number of anilines is 1. The molecule has 0 aromatic heterocycles. The van der Waals surface area contributed by atoms with Gasteiger partial charge < -0.3 is 19.7 Å². The zero-order valence-corrected chi connectivity index (χ0v) is 13.5. The van der Waals surface area contributed by atoms with Crippen LogP contribution in [0.5, 0.6) is 5.75 Å². The number of ether oxygens (including phenoxy) is 2. The van der Waals surface area contributed by atoms with Crippen LogP contribution in [0, 0.1) is 0 Å². The quantitative estimate of drug-likeness (QED) is 0.912. The van der Waals surface area contributed by atoms with Crippen LogP contribution in [0.25, 0.3) is 0 Å². The van der Waals surface area contributed by atoms with Gasteiger partial charge in [-0.1, -0.05) is 6.07 Å². The van der Waals surface area contributed by atoms with E-state index in [1.807, 2.05) is 26.8 Å². The Bertz CT molecular complexity index is 560. The Morgan fingerprint density at radius 3 is 2.82 bits per heavy atom. The van der Waals surface area contributed by atoms with Gasteiger partial charge in [-0.05, 0) is 45.2 Å². The van der Waals surface area contributed by atoms with Gasteiger partial charge in [-0.15, -0.1) is 0 Å². The van der Waals surface area contributed by atoms with Crippen molar-refractivity contribution in [2.24, 2.45) is 0 Å². The van der Waals surface area contributed by atoms with Crippen molar-refractivity contribution in [2.45, 2.75) is 45.3 Å². The topological polar surface area (TPSA) is 50.8 Å². The minimum Gasteiger partial charge on any atom is -0.487 e. The SMILES string of the molecule is CC(C)(C)OC(=O)N1CC(Oc2ccc3c(c2)NCCC3)C1. The molecule has 0 saturated carbocycles. The van der Waals surface area contributed by atoms with E-state index in [0.717, 1.165) is 18.7 Å². The molecule has 1 aromatic rings. The highest BCUT2D eigenvalue weighted by Gasteiger charge is 2.35. The van der Waals surface area contributed by atoms with Gasteiger partial charge in [-0.2, -0.15) is 0 Å². The first-order valence-electron chi connectivity index (χ1n) is 7.92. The normalized spacial score (nSPS) is 18.0. The van der Waals surface area contributed by atoms with Gasteiger partial charge in [0.25, 0.3) is 0 Å². The Kier molecular flexibility index (Phi) is 3.89. The maximum atomic E-state index is 11.9. The van der Waals surface area contributed by atoms with Gasteiger partial charge in [0.05, 0.1) is 13.1 Å². The van der Waals surface area contributed by atoms with Gasteiger partial charge in [0.1, 0.15) is 17.5 Å². The van der Waals surface area contributed by atoms with Crippen LogP contribution in [0.2, 0.25) is 0 Å². The van der Waals surface area contributed by atoms with Crippen LogP contribution in [-0.2, 0) is 11.2 Å². The summed E-state index contributed by atoms with van der Waals surface area (Å²) in [6.07, 6.45) is 2.09. The smallest absolute Gasteiger partial charge is 0.410 e. The van der Waals surface area contributed by atoms with Gasteiger partial charge in [-0.25, -0.2) is 4.79 Å². The van der Waals surface area contributed by atoms with E-state index in [2.05, 4.69) is 17.4 Å². The fourth-order valence-corrected chi connectivity index (χ4v) is 2.69. The largest absolute Gasteiger partial charge is 0.487 e. The van der Waals surface area contributed by atoms with Gasteiger partial charge in [0.15, 0.2) is 0 Å². The van der Waals surface area contributed by atoms with Gasteiger partial charge >= 0.3 is 6.09 Å². The van der Waals surface area contributed by atoms with Crippen LogP contribution in [0.15, 0.2) is 18.2 Å². The highest BCUT2D eigenvalue weighted by Crippen LogP contribution is 2.28. The highest BCUT2D eigenvalue weighted by atomic mass is 16.6. The highest BCUT2D eigenvalue weighted by molar-refractivity contribution is 5.69. The lowest BCUT2D eigenvalue weighted by atomic mass is 10.0. The monoisotopic (exact) mass is 304 g/mol. The van der Waals surface area contributed by atoms with E-state index in [1.165, 1.54) is 17.7 Å². The second-order valence-corrected chi connectivity index (χ2v) is 6.97. The summed E-state index contributed by atoms with van der Waals surface area (Å²) < 4.78 is 11.3. The van der Waals surface area contributed by atoms with Crippen molar-refractivity contribution in [3.05, 3.63) is 23.8 Å². The number of benzene rings is 1. The second kappa shape index (κ2) is 5.71. The summed E-state index contributed by atoms with van der Waals surface area (Å²) in [6, 6.07) is 6.20. The lowest BCUT2D eigenvalue weighted by Gasteiger charge is -2.39. The Hall–Kier alpha value is -1.91. The van der Waals surface area contributed by atoms with Crippen molar-refractivity contribution in [1.29, 1.82) is 0 Å². The molecule has 22 heavy (non-hydrogen) atoms. The van der Waals surface area contributed by atoms with Crippen molar-refractivity contribution in [3.8, 4) is 5.75 Å². The summed E-state index contributed by atoms with van der Waals surface area (Å²) in [5.74, 6) is 0.863. The standard InChI is InChI=1S/C17H24N2O3/c1-17(2,3)22-16(20)19-10-14(11-19)21-13-7-6-12-5-4-8-18-15(12)9-13/h6-7,9,14,18H,4-5,8,10-11H2,1-3H3. The number of amides is 1. The molecule has 2 aliphatic heterocycles. The number of aryl methyl sites for hydroxylation is 1. The molecule has 1 saturated heterocycles. The summed E-state index contributed by atoms with van der Waals surface area (Å²) in [7, 11) is 0. The third-order valence-corrected chi connectivity index (χ3v) is 3.82. The predicted molar refractivity (Wildman–Crippen MR) is 85.5 cm³/mol. The molecular formula is C17H24N2O3. The van der Waals surface area contributed by atoms with Crippen LogP contribution in [0.3, 0.4) is 0 Å². The molecule has 2 heterocycles. The number of carbonyl (C=O) groups excluding carboxylic acids is 1. The fraction of sp³-hybridized carbons (Fsp3) is 0.588. The lowest BCUT2D eigenvalue weighted by molar-refractivity contribution is -0.0221. The molecule has 1 fully saturated rings. The van der Waals surface area contributed by atoms with Crippen LogP contribution in [0.1, 0.15) is 32.8 Å². The number of rotatable bonds is 2. The number of nitrogens with zero attached hydrogens (tertiary/aromatic N) is 1. The second-order valence-electron chi connectivity index (χ2n) is 6.97. The van der Waals surface area contributed by atoms with E-state index in [4.69, 9.17) is 9.47 Å². The summed E-state index contributed by atoms with van der Waals surface area (Å²) >= 11 is 0. The third kappa shape index (κ3) is 3.46. The number of hydrogen-bond acceptors (Lipinski definition) is 4. The Balaban J connectivity index is 1.51. The average Bonchev–Trinajstić information content (AvgIpc) is 2.40. The molecule has 0 atom stereocenters. The van der Waals surface area contributed by atoms with E-state index >= 15 is 0 Å². The van der Waals surface area contributed by atoms with Crippen LogP contribution < -0.4 is 10.1 Å². The van der Waals surface area contributed by atoms with E-state index < -0.39 is 5.60 Å². The van der Waals surface area contributed by atoms with Gasteiger partial charge in [0, 0.05) is 18.3 Å². The Morgan fingerprint density at radius 1 is 1.32 bits per heavy atom. The minimum atomic E-state index is -0.451. The number of likely N-dealkylation sites (tertiary alicyclic amines) is 1. The molecule has 1 amide bonds. The molecular weight excluding hydrogens is 280 g/mol. The maximum absolute atomic E-state index is 11.9. The number of hydrogen-bond donors (Lipinski definition) is 1. The third-order valence-electron chi connectivity index (χ3n) is 3.82. The number of carbonyl (C=O) groups is 1. The number of nitrogens with one attached hydrogen (secondary N) is 1. The molecule has 0 bridgehead atoms. The zero-order chi connectivity index (χ0) is 15.7. The molecule has 1 aromatic carbocycles. The summed E-state index contributed by atoms with van der Waals surface area (Å²) in [4.78, 5) is 13.5. The Labute approximate surface area is 131 Å². The summed E-state index contributed by atoms with van der Waals surface area (Å²) in [6.45, 7) is 7.81. The first-order chi connectivity index (χ1) is 10.4. The van der Waals surface area contributed by atoms with Crippen molar-refractivity contribution in [3.63, 3.8) is 0 Å². The first kappa shape index (κ1) is 15.0. The van der Waals surface area contributed by atoms with Crippen LogP contribution >= 0.6 is 0 Å². The molecule has 0 radical (unpaired) electrons. The van der Waals surface area contributed by atoms with Gasteiger partial charge in [0.2, 0.25) is 0 Å². The number of fused-ring (bicyclic) bond motifs is 1. The van der Waals surface area contributed by atoms with Gasteiger partial charge in [-0.3, -0.25) is 0 Å². The summed E-state index contributed by atoms with van der Waals surface area (Å²) in [5, 5.41) is 3.40. The van der Waals surface area contributed by atoms with E-state index in [-0.39, 0.29) is 12.2 Å². The molecule has 0 spiro atoms. The van der Waals surface area contributed by atoms with Crippen molar-refractivity contribution in [2.75, 3.05) is 25.0 Å². The van der Waals surface area contributed by atoms with Crippen molar-refractivity contribution >= 4 is 11.8 Å². The first-order valence-corrected chi connectivity index (χ1v) is 7.92. The zero-order valence-electron chi connectivity index (χ0n) is 13.5. The van der Waals surface area contributed by atoms with Crippen LogP contribution in [0.4, 0.5) is 10.5 Å². The van der Waals surface area contributed by atoms with E-state index in [1.54, 1.807) is 4.90 Å². The van der Waals surface area contributed by atoms with E-state index in [9.17, 15) is 4.79 Å². The molecule has 3 rings (SSSR count). The lowest BCUT2D eigenvalue weighted by Crippen LogP contribution is -2.57. The molecule has 2 aliphatic rings. The molecule has 5 heteroatoms. The van der Waals surface area contributed by atoms with Crippen molar-refractivity contribution < 1.29 is 14.3 Å². The van der Waals surface area contributed by atoms with E-state index in [0.29, 0.717) is 13.1 Å². The molecule has 1 N–H and O–H groups in total.